The number of amides is 1. The lowest BCUT2D eigenvalue weighted by Gasteiger charge is -2.26. The van der Waals surface area contributed by atoms with Gasteiger partial charge in [0.25, 0.3) is 0 Å². The van der Waals surface area contributed by atoms with Crippen molar-refractivity contribution in [3.05, 3.63) is 35.4 Å². The second kappa shape index (κ2) is 4.69. The molecule has 1 aliphatic rings. The average Bonchev–Trinajstić information content (AvgIpc) is 2.15. The smallest absolute Gasteiger partial charge is 0.223 e. The lowest BCUT2D eigenvalue weighted by molar-refractivity contribution is -0.128. The van der Waals surface area contributed by atoms with E-state index < -0.39 is 0 Å². The van der Waals surface area contributed by atoms with Gasteiger partial charge in [-0.1, -0.05) is 30.7 Å². The molecule has 16 heavy (non-hydrogen) atoms. The van der Waals surface area contributed by atoms with Crippen LogP contribution in [-0.4, -0.2) is 5.91 Å². The zero-order valence-electron chi connectivity index (χ0n) is 9.99. The van der Waals surface area contributed by atoms with Gasteiger partial charge in [0.1, 0.15) is 0 Å². The van der Waals surface area contributed by atoms with Gasteiger partial charge >= 0.3 is 0 Å². The van der Waals surface area contributed by atoms with Crippen molar-refractivity contribution in [2.75, 3.05) is 0 Å². The molecule has 1 unspecified atom stereocenters. The fourth-order valence-corrected chi connectivity index (χ4v) is 2.15. The molecule has 0 aromatic heterocycles. The van der Waals surface area contributed by atoms with E-state index in [-0.39, 0.29) is 17.9 Å². The third-order valence-electron chi connectivity index (χ3n) is 3.49. The van der Waals surface area contributed by atoms with E-state index in [1.165, 1.54) is 17.5 Å². The molecule has 0 saturated heterocycles. The van der Waals surface area contributed by atoms with Crippen LogP contribution in [0.3, 0.4) is 0 Å². The second-order valence-electron chi connectivity index (χ2n) is 4.71. The second-order valence-corrected chi connectivity index (χ2v) is 4.71. The van der Waals surface area contributed by atoms with E-state index in [4.69, 9.17) is 0 Å². The summed E-state index contributed by atoms with van der Waals surface area (Å²) in [4.78, 5) is 11.8. The van der Waals surface area contributed by atoms with Crippen LogP contribution in [0.1, 0.15) is 43.4 Å². The fourth-order valence-electron chi connectivity index (χ4n) is 2.15. The highest BCUT2D eigenvalue weighted by atomic mass is 16.1. The molecule has 1 saturated carbocycles. The molecule has 0 heterocycles. The molecule has 0 bridgehead atoms. The minimum absolute atomic E-state index is 0.120. The summed E-state index contributed by atoms with van der Waals surface area (Å²) in [5.41, 5.74) is 2.46. The third-order valence-corrected chi connectivity index (χ3v) is 3.49. The molecular formula is C14H19NO. The first kappa shape index (κ1) is 11.2. The molecule has 0 spiro atoms. The number of rotatable bonds is 3. The van der Waals surface area contributed by atoms with Gasteiger partial charge in [0.2, 0.25) is 5.91 Å². The largest absolute Gasteiger partial charge is 0.349 e. The minimum Gasteiger partial charge on any atom is -0.349 e. The SMILES string of the molecule is Cc1ccccc1C(C)NC(=O)C1CCC1. The summed E-state index contributed by atoms with van der Waals surface area (Å²) in [7, 11) is 0. The maximum atomic E-state index is 11.8. The first-order valence-corrected chi connectivity index (χ1v) is 6.04. The number of hydrogen-bond acceptors (Lipinski definition) is 1. The van der Waals surface area contributed by atoms with Crippen molar-refractivity contribution in [1.29, 1.82) is 0 Å². The molecule has 1 aromatic rings. The van der Waals surface area contributed by atoms with E-state index in [2.05, 4.69) is 31.3 Å². The molecule has 2 nitrogen and oxygen atoms in total. The number of hydrogen-bond donors (Lipinski definition) is 1. The van der Waals surface area contributed by atoms with Gasteiger partial charge in [-0.3, -0.25) is 4.79 Å². The van der Waals surface area contributed by atoms with E-state index in [0.29, 0.717) is 0 Å². The Bertz CT molecular complexity index is 382. The van der Waals surface area contributed by atoms with Gasteiger partial charge in [-0.25, -0.2) is 0 Å². The van der Waals surface area contributed by atoms with Crippen LogP contribution < -0.4 is 5.32 Å². The Kier molecular flexibility index (Phi) is 3.28. The molecule has 1 atom stereocenters. The number of aryl methyl sites for hydroxylation is 1. The summed E-state index contributed by atoms with van der Waals surface area (Å²) in [5, 5.41) is 3.10. The van der Waals surface area contributed by atoms with Crippen LogP contribution in [0.15, 0.2) is 24.3 Å². The molecule has 1 fully saturated rings. The van der Waals surface area contributed by atoms with Crippen LogP contribution in [0, 0.1) is 12.8 Å². The van der Waals surface area contributed by atoms with Crippen LogP contribution in [0.2, 0.25) is 0 Å². The van der Waals surface area contributed by atoms with E-state index in [1.807, 2.05) is 12.1 Å². The molecule has 2 heteroatoms. The van der Waals surface area contributed by atoms with Gasteiger partial charge in [-0.2, -0.15) is 0 Å². The molecule has 0 radical (unpaired) electrons. The summed E-state index contributed by atoms with van der Waals surface area (Å²) >= 11 is 0. The number of carbonyl (C=O) groups is 1. The van der Waals surface area contributed by atoms with E-state index in [9.17, 15) is 4.79 Å². The van der Waals surface area contributed by atoms with Gasteiger partial charge in [-0.05, 0) is 37.8 Å². The van der Waals surface area contributed by atoms with Crippen molar-refractivity contribution in [2.45, 2.75) is 39.2 Å². The Balaban J connectivity index is 1.99. The van der Waals surface area contributed by atoms with Crippen LogP contribution in [0.4, 0.5) is 0 Å². The molecule has 1 amide bonds. The lowest BCUT2D eigenvalue weighted by Crippen LogP contribution is -2.36. The van der Waals surface area contributed by atoms with Crippen molar-refractivity contribution in [3.8, 4) is 0 Å². The Labute approximate surface area is 97.1 Å². The average molecular weight is 217 g/mol. The van der Waals surface area contributed by atoms with E-state index in [1.54, 1.807) is 0 Å². The van der Waals surface area contributed by atoms with E-state index in [0.717, 1.165) is 12.8 Å². The number of carbonyl (C=O) groups excluding carboxylic acids is 1. The monoisotopic (exact) mass is 217 g/mol. The molecule has 1 N–H and O–H groups in total. The topological polar surface area (TPSA) is 29.1 Å². The van der Waals surface area contributed by atoms with Crippen LogP contribution in [-0.2, 0) is 4.79 Å². The lowest BCUT2D eigenvalue weighted by atomic mass is 9.84. The number of benzene rings is 1. The third kappa shape index (κ3) is 2.26. The highest BCUT2D eigenvalue weighted by Crippen LogP contribution is 2.27. The molecule has 1 aliphatic carbocycles. The fraction of sp³-hybridized carbons (Fsp3) is 0.500. The Hall–Kier alpha value is -1.31. The first-order chi connectivity index (χ1) is 7.68. The molecule has 86 valence electrons. The minimum atomic E-state index is 0.120. The van der Waals surface area contributed by atoms with Gasteiger partial charge in [0, 0.05) is 5.92 Å². The summed E-state index contributed by atoms with van der Waals surface area (Å²) in [5.74, 6) is 0.494. The highest BCUT2D eigenvalue weighted by Gasteiger charge is 2.26. The van der Waals surface area contributed by atoms with Crippen molar-refractivity contribution < 1.29 is 4.79 Å². The zero-order valence-corrected chi connectivity index (χ0v) is 9.99. The quantitative estimate of drug-likeness (QED) is 0.828. The summed E-state index contributed by atoms with van der Waals surface area (Å²) in [6.45, 7) is 4.14. The normalized spacial score (nSPS) is 17.6. The maximum Gasteiger partial charge on any atom is 0.223 e. The Morgan fingerprint density at radius 3 is 2.62 bits per heavy atom. The predicted molar refractivity (Wildman–Crippen MR) is 65.1 cm³/mol. The molecule has 0 aliphatic heterocycles. The van der Waals surface area contributed by atoms with Crippen LogP contribution in [0.5, 0.6) is 0 Å². The summed E-state index contributed by atoms with van der Waals surface area (Å²) in [6.07, 6.45) is 3.33. The highest BCUT2D eigenvalue weighted by molar-refractivity contribution is 5.79. The van der Waals surface area contributed by atoms with Crippen molar-refractivity contribution in [1.82, 2.24) is 5.32 Å². The zero-order chi connectivity index (χ0) is 11.5. The first-order valence-electron chi connectivity index (χ1n) is 6.04. The molecule has 1 aromatic carbocycles. The van der Waals surface area contributed by atoms with Gasteiger partial charge in [0.05, 0.1) is 6.04 Å². The molecular weight excluding hydrogens is 198 g/mol. The van der Waals surface area contributed by atoms with E-state index >= 15 is 0 Å². The summed E-state index contributed by atoms with van der Waals surface area (Å²) in [6, 6.07) is 8.34. The maximum absolute atomic E-state index is 11.8. The van der Waals surface area contributed by atoms with Crippen molar-refractivity contribution >= 4 is 5.91 Å². The standard InChI is InChI=1S/C14H19NO/c1-10-6-3-4-9-13(10)11(2)15-14(16)12-7-5-8-12/h3-4,6,9,11-12H,5,7-8H2,1-2H3,(H,15,16). The van der Waals surface area contributed by atoms with Crippen molar-refractivity contribution in [3.63, 3.8) is 0 Å². The van der Waals surface area contributed by atoms with Crippen LogP contribution in [0.25, 0.3) is 0 Å². The molecule has 2 rings (SSSR count). The predicted octanol–water partition coefficient (Wildman–Crippen LogP) is 2.97. The van der Waals surface area contributed by atoms with Gasteiger partial charge < -0.3 is 5.32 Å². The van der Waals surface area contributed by atoms with Gasteiger partial charge in [0.15, 0.2) is 0 Å². The number of nitrogens with one attached hydrogen (secondary N) is 1. The van der Waals surface area contributed by atoms with Crippen molar-refractivity contribution in [2.24, 2.45) is 5.92 Å². The van der Waals surface area contributed by atoms with Crippen LogP contribution >= 0.6 is 0 Å². The Morgan fingerprint density at radius 1 is 1.38 bits per heavy atom. The van der Waals surface area contributed by atoms with Gasteiger partial charge in [-0.15, -0.1) is 0 Å². The summed E-state index contributed by atoms with van der Waals surface area (Å²) < 4.78 is 0. The Morgan fingerprint density at radius 2 is 2.06 bits per heavy atom.